The van der Waals surface area contributed by atoms with Crippen LogP contribution in [-0.2, 0) is 17.9 Å². The van der Waals surface area contributed by atoms with Gasteiger partial charge in [-0.3, -0.25) is 9.69 Å². The lowest BCUT2D eigenvalue weighted by molar-refractivity contribution is -0.131. The number of carbonyl (C=O) groups excluding carboxylic acids is 1. The van der Waals surface area contributed by atoms with Crippen LogP contribution in [0.5, 0.6) is 0 Å². The number of nitrogens with zero attached hydrogens (tertiary/aromatic N) is 5. The maximum absolute atomic E-state index is 13.3. The molecule has 0 aliphatic carbocycles. The summed E-state index contributed by atoms with van der Waals surface area (Å²) < 4.78 is 27.8. The number of hydrogen-bond donors (Lipinski definition) is 2. The van der Waals surface area contributed by atoms with Crippen LogP contribution in [0.25, 0.3) is 0 Å². The minimum absolute atomic E-state index is 0.0372. The zero-order valence-electron chi connectivity index (χ0n) is 13.2. The summed E-state index contributed by atoms with van der Waals surface area (Å²) in [6.45, 7) is 0.646. The second-order valence-corrected chi connectivity index (χ2v) is 6.39. The van der Waals surface area contributed by atoms with Gasteiger partial charge in [-0.1, -0.05) is 5.21 Å². The van der Waals surface area contributed by atoms with E-state index in [2.05, 4.69) is 10.3 Å². The Kier molecular flexibility index (Phi) is 4.79. The molecule has 24 heavy (non-hydrogen) atoms. The predicted octanol–water partition coefficient (Wildman–Crippen LogP) is -0.927. The molecule has 0 aromatic carbocycles. The highest BCUT2D eigenvalue weighted by Crippen LogP contribution is 2.30. The number of aliphatic hydroxyl groups excluding tert-OH is 2. The van der Waals surface area contributed by atoms with Crippen molar-refractivity contribution in [1.29, 1.82) is 0 Å². The van der Waals surface area contributed by atoms with E-state index in [9.17, 15) is 18.7 Å². The van der Waals surface area contributed by atoms with E-state index in [1.807, 2.05) is 4.90 Å². The Labute approximate surface area is 137 Å². The third-order valence-electron chi connectivity index (χ3n) is 4.66. The van der Waals surface area contributed by atoms with E-state index in [1.165, 1.54) is 15.8 Å². The smallest absolute Gasteiger partial charge is 0.250 e. The summed E-state index contributed by atoms with van der Waals surface area (Å²) >= 11 is 0. The Hall–Kier alpha value is -1.65. The molecule has 1 amide bonds. The Morgan fingerprint density at radius 3 is 2.67 bits per heavy atom. The van der Waals surface area contributed by atoms with Gasteiger partial charge in [0.1, 0.15) is 12.2 Å². The summed E-state index contributed by atoms with van der Waals surface area (Å²) in [5.41, 5.74) is 0.372. The summed E-state index contributed by atoms with van der Waals surface area (Å²) in [6.07, 6.45) is 0.304. The van der Waals surface area contributed by atoms with Gasteiger partial charge in [0.05, 0.1) is 24.9 Å². The molecule has 0 unspecified atom stereocenters. The summed E-state index contributed by atoms with van der Waals surface area (Å²) in [5, 5.41) is 26.6. The van der Waals surface area contributed by atoms with Gasteiger partial charge in [0.15, 0.2) is 0 Å². The molecular formula is C14H21F2N5O3. The molecule has 1 aromatic rings. The molecule has 2 saturated heterocycles. The van der Waals surface area contributed by atoms with Gasteiger partial charge in [0, 0.05) is 39.0 Å². The second-order valence-electron chi connectivity index (χ2n) is 6.39. The highest BCUT2D eigenvalue weighted by molar-refractivity contribution is 5.76. The van der Waals surface area contributed by atoms with Crippen molar-refractivity contribution in [2.45, 2.75) is 44.1 Å². The second kappa shape index (κ2) is 6.69. The molecule has 0 saturated carbocycles. The van der Waals surface area contributed by atoms with Crippen molar-refractivity contribution in [3.8, 4) is 0 Å². The summed E-state index contributed by atoms with van der Waals surface area (Å²) in [6, 6.07) is -0.311. The number of amides is 1. The zero-order chi connectivity index (χ0) is 17.3. The van der Waals surface area contributed by atoms with Crippen LogP contribution < -0.4 is 0 Å². The third-order valence-corrected chi connectivity index (χ3v) is 4.66. The summed E-state index contributed by atoms with van der Waals surface area (Å²) in [5.74, 6) is -2.86. The first-order valence-electron chi connectivity index (χ1n) is 7.95. The number of rotatable bonds is 4. The van der Waals surface area contributed by atoms with Gasteiger partial charge in [-0.25, -0.2) is 13.5 Å². The Balaban J connectivity index is 1.56. The maximum Gasteiger partial charge on any atom is 0.250 e. The maximum atomic E-state index is 13.3. The first kappa shape index (κ1) is 17.2. The number of β-amino-alcohol motifs (C(OH)–C–C–N with tert-alkyl or cyclic N) is 1. The minimum Gasteiger partial charge on any atom is -0.390 e. The van der Waals surface area contributed by atoms with Gasteiger partial charge in [-0.2, -0.15) is 0 Å². The number of piperidine rings is 1. The van der Waals surface area contributed by atoms with Crippen LogP contribution in [0.4, 0.5) is 8.78 Å². The number of halogens is 2. The quantitative estimate of drug-likeness (QED) is 0.732. The van der Waals surface area contributed by atoms with E-state index in [1.54, 1.807) is 0 Å². The van der Waals surface area contributed by atoms with E-state index >= 15 is 0 Å². The van der Waals surface area contributed by atoms with Crippen molar-refractivity contribution in [2.75, 3.05) is 26.2 Å². The van der Waals surface area contributed by atoms with E-state index in [0.717, 1.165) is 0 Å². The lowest BCUT2D eigenvalue weighted by Crippen LogP contribution is -2.49. The van der Waals surface area contributed by atoms with E-state index in [-0.39, 0.29) is 57.6 Å². The van der Waals surface area contributed by atoms with Gasteiger partial charge in [0.25, 0.3) is 5.92 Å². The van der Waals surface area contributed by atoms with Crippen LogP contribution >= 0.6 is 0 Å². The first-order valence-corrected chi connectivity index (χ1v) is 7.95. The van der Waals surface area contributed by atoms with Crippen LogP contribution in [-0.4, -0.2) is 85.2 Å². The highest BCUT2D eigenvalue weighted by atomic mass is 19.3. The molecule has 3 rings (SSSR count). The monoisotopic (exact) mass is 345 g/mol. The van der Waals surface area contributed by atoms with E-state index in [0.29, 0.717) is 12.2 Å². The third kappa shape index (κ3) is 3.70. The van der Waals surface area contributed by atoms with Crippen LogP contribution in [0, 0.1) is 0 Å². The van der Waals surface area contributed by atoms with E-state index < -0.39 is 12.0 Å². The van der Waals surface area contributed by atoms with Gasteiger partial charge < -0.3 is 15.1 Å². The largest absolute Gasteiger partial charge is 0.390 e. The lowest BCUT2D eigenvalue weighted by Gasteiger charge is -2.36. The van der Waals surface area contributed by atoms with Crippen molar-refractivity contribution >= 4 is 5.91 Å². The number of aliphatic hydroxyl groups is 2. The average molecular weight is 345 g/mol. The number of likely N-dealkylation sites (tertiary alicyclic amines) is 2. The van der Waals surface area contributed by atoms with Crippen molar-refractivity contribution in [3.05, 3.63) is 11.9 Å². The SMILES string of the molecule is O=C(Cn1cc(CO)nn1)N1C[C@@H](O)[C@H](N2CCC(F)(F)CC2)C1. The molecule has 134 valence electrons. The number of carbonyl (C=O) groups is 1. The molecule has 1 aromatic heterocycles. The lowest BCUT2D eigenvalue weighted by atomic mass is 10.0. The van der Waals surface area contributed by atoms with Crippen LogP contribution in [0.15, 0.2) is 6.20 Å². The molecule has 10 heteroatoms. The standard InChI is InChI=1S/C14H21F2N5O3/c15-14(16)1-3-19(4-2-14)11-6-20(7-12(11)23)13(24)8-21-5-10(9-22)17-18-21/h5,11-12,22-23H,1-4,6-9H2/t11-,12-/m1/s1. The molecule has 0 radical (unpaired) electrons. The summed E-state index contributed by atoms with van der Waals surface area (Å²) in [4.78, 5) is 15.7. The fraction of sp³-hybridized carbons (Fsp3) is 0.786. The van der Waals surface area contributed by atoms with Gasteiger partial charge >= 0.3 is 0 Å². The van der Waals surface area contributed by atoms with Gasteiger partial charge in [0.2, 0.25) is 5.91 Å². The van der Waals surface area contributed by atoms with Crippen LogP contribution in [0.2, 0.25) is 0 Å². The van der Waals surface area contributed by atoms with Gasteiger partial charge in [-0.15, -0.1) is 5.10 Å². The first-order chi connectivity index (χ1) is 11.4. The zero-order valence-corrected chi connectivity index (χ0v) is 13.2. The Morgan fingerprint density at radius 2 is 2.04 bits per heavy atom. The normalized spacial score (nSPS) is 27.6. The topological polar surface area (TPSA) is 94.7 Å². The van der Waals surface area contributed by atoms with Crippen LogP contribution in [0.1, 0.15) is 18.5 Å². The number of alkyl halides is 2. The van der Waals surface area contributed by atoms with Gasteiger partial charge in [-0.05, 0) is 0 Å². The molecule has 0 spiro atoms. The Bertz CT molecular complexity index is 587. The Morgan fingerprint density at radius 1 is 1.33 bits per heavy atom. The van der Waals surface area contributed by atoms with Crippen molar-refractivity contribution in [1.82, 2.24) is 24.8 Å². The predicted molar refractivity (Wildman–Crippen MR) is 78.1 cm³/mol. The molecule has 2 atom stereocenters. The number of aromatic nitrogens is 3. The number of hydrogen-bond acceptors (Lipinski definition) is 6. The highest BCUT2D eigenvalue weighted by Gasteiger charge is 2.42. The average Bonchev–Trinajstić information content (AvgIpc) is 3.14. The van der Waals surface area contributed by atoms with Crippen LogP contribution in [0.3, 0.4) is 0 Å². The molecule has 8 nitrogen and oxygen atoms in total. The minimum atomic E-state index is -2.63. The molecule has 2 aliphatic heterocycles. The fourth-order valence-electron chi connectivity index (χ4n) is 3.24. The van der Waals surface area contributed by atoms with E-state index in [4.69, 9.17) is 5.11 Å². The fourth-order valence-corrected chi connectivity index (χ4v) is 3.24. The molecule has 2 N–H and O–H groups in total. The molecule has 2 fully saturated rings. The van der Waals surface area contributed by atoms with Crippen molar-refractivity contribution < 1.29 is 23.8 Å². The van der Waals surface area contributed by atoms with Crippen molar-refractivity contribution in [2.24, 2.45) is 0 Å². The molecule has 2 aliphatic rings. The summed E-state index contributed by atoms with van der Waals surface area (Å²) in [7, 11) is 0. The molecular weight excluding hydrogens is 324 g/mol. The molecule has 0 bridgehead atoms. The molecule has 3 heterocycles. The van der Waals surface area contributed by atoms with Crippen molar-refractivity contribution in [3.63, 3.8) is 0 Å².